The number of carbonyl (C=O) groups is 3. The minimum absolute atomic E-state index is 0.0754. The van der Waals surface area contributed by atoms with Gasteiger partial charge < -0.3 is 5.32 Å². The second-order valence-corrected chi connectivity index (χ2v) is 10.7. The maximum absolute atomic E-state index is 14.1. The van der Waals surface area contributed by atoms with Gasteiger partial charge in [-0.25, -0.2) is 17.2 Å². The van der Waals surface area contributed by atoms with Crippen molar-refractivity contribution in [3.8, 4) is 0 Å². The highest BCUT2D eigenvalue weighted by Gasteiger charge is 2.40. The Morgan fingerprint density at radius 2 is 1.83 bits per heavy atom. The van der Waals surface area contributed by atoms with E-state index in [2.05, 4.69) is 5.32 Å². The number of hydrogen-bond donors (Lipinski definition) is 1. The highest BCUT2D eigenvalue weighted by molar-refractivity contribution is 8.18. The number of rotatable bonds is 7. The predicted octanol–water partition coefficient (Wildman–Crippen LogP) is 2.97. The average molecular weight is 522 g/mol. The lowest BCUT2D eigenvalue weighted by Gasteiger charge is -2.24. The predicted molar refractivity (Wildman–Crippen MR) is 125 cm³/mol. The fraction of sp³-hybridized carbons (Fsp3) is 0.261. The Kier molecular flexibility index (Phi) is 7.33. The Labute approximate surface area is 205 Å². The lowest BCUT2D eigenvalue weighted by Crippen LogP contribution is -2.47. The third kappa shape index (κ3) is 5.29. The van der Waals surface area contributed by atoms with Gasteiger partial charge in [0, 0.05) is 19.6 Å². The summed E-state index contributed by atoms with van der Waals surface area (Å²) in [4.78, 5) is 38.3. The van der Waals surface area contributed by atoms with E-state index < -0.39 is 49.6 Å². The summed E-state index contributed by atoms with van der Waals surface area (Å²) in [5, 5.41) is 2.06. The van der Waals surface area contributed by atoms with E-state index in [4.69, 9.17) is 0 Å². The molecular formula is C23H21F2N3O5S2. The molecule has 184 valence electrons. The normalized spacial score (nSPS) is 20.1. The lowest BCUT2D eigenvalue weighted by molar-refractivity contribution is -0.125. The van der Waals surface area contributed by atoms with Crippen LogP contribution in [-0.2, 0) is 19.6 Å². The number of thioether (sulfide) groups is 1. The van der Waals surface area contributed by atoms with Crippen LogP contribution < -0.4 is 5.32 Å². The zero-order chi connectivity index (χ0) is 25.2. The molecule has 2 aromatic rings. The number of amides is 3. The van der Waals surface area contributed by atoms with Gasteiger partial charge in [-0.05, 0) is 60.5 Å². The molecule has 1 unspecified atom stereocenters. The van der Waals surface area contributed by atoms with Gasteiger partial charge in [0.15, 0.2) is 0 Å². The van der Waals surface area contributed by atoms with Gasteiger partial charge in [0.05, 0.1) is 4.91 Å². The van der Waals surface area contributed by atoms with E-state index in [0.29, 0.717) is 12.0 Å². The third-order valence-corrected chi connectivity index (χ3v) is 8.45. The van der Waals surface area contributed by atoms with Crippen LogP contribution in [0.25, 0.3) is 6.08 Å². The van der Waals surface area contributed by atoms with Crippen molar-refractivity contribution in [1.82, 2.24) is 14.5 Å². The van der Waals surface area contributed by atoms with E-state index in [9.17, 15) is 31.6 Å². The van der Waals surface area contributed by atoms with E-state index >= 15 is 0 Å². The van der Waals surface area contributed by atoms with Crippen LogP contribution in [0.15, 0.2) is 58.3 Å². The molecule has 4 rings (SSSR count). The molecule has 35 heavy (non-hydrogen) atoms. The molecule has 2 saturated heterocycles. The average Bonchev–Trinajstić information content (AvgIpc) is 3.42. The topological polar surface area (TPSA) is 104 Å². The zero-order valence-corrected chi connectivity index (χ0v) is 20.0. The Balaban J connectivity index is 1.37. The van der Waals surface area contributed by atoms with Gasteiger partial charge in [-0.15, -0.1) is 0 Å². The first-order chi connectivity index (χ1) is 16.7. The van der Waals surface area contributed by atoms with Crippen LogP contribution in [0.2, 0.25) is 0 Å². The van der Waals surface area contributed by atoms with Crippen molar-refractivity contribution in [3.05, 3.63) is 70.6 Å². The van der Waals surface area contributed by atoms with Gasteiger partial charge in [-0.3, -0.25) is 19.3 Å². The van der Waals surface area contributed by atoms with Gasteiger partial charge in [0.2, 0.25) is 15.9 Å². The highest BCUT2D eigenvalue weighted by atomic mass is 32.2. The Bertz CT molecular complexity index is 1300. The summed E-state index contributed by atoms with van der Waals surface area (Å²) in [6.07, 6.45) is 2.18. The van der Waals surface area contributed by atoms with Crippen LogP contribution in [-0.4, -0.2) is 60.4 Å². The molecule has 0 radical (unpaired) electrons. The van der Waals surface area contributed by atoms with E-state index in [1.165, 1.54) is 42.5 Å². The van der Waals surface area contributed by atoms with Crippen molar-refractivity contribution in [2.24, 2.45) is 0 Å². The van der Waals surface area contributed by atoms with Gasteiger partial charge in [0.25, 0.3) is 11.1 Å². The third-order valence-electron chi connectivity index (χ3n) is 5.61. The second-order valence-electron chi connectivity index (χ2n) is 7.88. The Morgan fingerprint density at radius 1 is 1.11 bits per heavy atom. The molecule has 2 aliphatic rings. The van der Waals surface area contributed by atoms with Gasteiger partial charge >= 0.3 is 0 Å². The Morgan fingerprint density at radius 3 is 2.54 bits per heavy atom. The monoisotopic (exact) mass is 521 g/mol. The first-order valence-electron chi connectivity index (χ1n) is 10.7. The van der Waals surface area contributed by atoms with Crippen LogP contribution in [0.3, 0.4) is 0 Å². The summed E-state index contributed by atoms with van der Waals surface area (Å²) in [7, 11) is -4.22. The summed E-state index contributed by atoms with van der Waals surface area (Å²) >= 11 is 0.737. The molecule has 0 saturated carbocycles. The number of benzene rings is 2. The summed E-state index contributed by atoms with van der Waals surface area (Å²) < 4.78 is 54.0. The number of hydrogen-bond acceptors (Lipinski definition) is 6. The quantitative estimate of drug-likeness (QED) is 0.562. The van der Waals surface area contributed by atoms with E-state index in [1.807, 2.05) is 0 Å². The fourth-order valence-corrected chi connectivity index (χ4v) is 6.47. The number of nitrogens with one attached hydrogen (secondary N) is 1. The minimum atomic E-state index is -4.22. The maximum atomic E-state index is 14.1. The molecule has 1 N–H and O–H groups in total. The molecule has 0 aliphatic carbocycles. The molecular weight excluding hydrogens is 500 g/mol. The molecule has 2 heterocycles. The van der Waals surface area contributed by atoms with E-state index in [-0.39, 0.29) is 31.0 Å². The largest absolute Gasteiger partial charge is 0.353 e. The number of imide groups is 1. The summed E-state index contributed by atoms with van der Waals surface area (Å²) in [6, 6.07) is 9.39. The molecule has 3 amide bonds. The zero-order valence-electron chi connectivity index (χ0n) is 18.3. The van der Waals surface area contributed by atoms with Crippen molar-refractivity contribution in [3.63, 3.8) is 0 Å². The lowest BCUT2D eigenvalue weighted by atomic mass is 10.2. The summed E-state index contributed by atoms with van der Waals surface area (Å²) in [6.45, 7) is -0.110. The van der Waals surface area contributed by atoms with Crippen LogP contribution in [0.1, 0.15) is 18.4 Å². The maximum Gasteiger partial charge on any atom is 0.293 e. The number of halogens is 2. The van der Waals surface area contributed by atoms with Crippen molar-refractivity contribution < 1.29 is 31.6 Å². The molecule has 12 heteroatoms. The second kappa shape index (κ2) is 10.3. The first-order valence-corrected chi connectivity index (χ1v) is 13.0. The fourth-order valence-electron chi connectivity index (χ4n) is 3.88. The van der Waals surface area contributed by atoms with Crippen molar-refractivity contribution >= 4 is 44.9 Å². The van der Waals surface area contributed by atoms with Crippen molar-refractivity contribution in [1.29, 1.82) is 0 Å². The van der Waals surface area contributed by atoms with E-state index in [1.54, 1.807) is 0 Å². The number of nitrogens with zero attached hydrogens (tertiary/aromatic N) is 2. The molecule has 1 atom stereocenters. The molecule has 8 nitrogen and oxygen atoms in total. The molecule has 0 bridgehead atoms. The number of sulfonamides is 1. The highest BCUT2D eigenvalue weighted by Crippen LogP contribution is 2.32. The SMILES string of the molecule is O=C(NCCN1C(=O)S/C(=C\c2ccc(F)cc2)C1=O)C1CCCN1S(=O)(=O)c1ccccc1F. The molecule has 2 aliphatic heterocycles. The molecule has 0 spiro atoms. The van der Waals surface area contributed by atoms with Crippen LogP contribution >= 0.6 is 11.8 Å². The molecule has 2 fully saturated rings. The van der Waals surface area contributed by atoms with Crippen LogP contribution in [0.4, 0.5) is 13.6 Å². The number of carbonyl (C=O) groups excluding carboxylic acids is 3. The minimum Gasteiger partial charge on any atom is -0.353 e. The Hall–Kier alpha value is -3.09. The summed E-state index contributed by atoms with van der Waals surface area (Å²) in [5.74, 6) is -2.44. The van der Waals surface area contributed by atoms with Crippen LogP contribution in [0.5, 0.6) is 0 Å². The molecule has 2 aromatic carbocycles. The first kappa shape index (κ1) is 25.0. The van der Waals surface area contributed by atoms with E-state index in [0.717, 1.165) is 33.1 Å². The van der Waals surface area contributed by atoms with Gasteiger partial charge in [-0.2, -0.15) is 4.31 Å². The van der Waals surface area contributed by atoms with Crippen LogP contribution in [0, 0.1) is 11.6 Å². The van der Waals surface area contributed by atoms with Crippen molar-refractivity contribution in [2.45, 2.75) is 23.8 Å². The molecule has 0 aromatic heterocycles. The smallest absolute Gasteiger partial charge is 0.293 e. The summed E-state index contributed by atoms with van der Waals surface area (Å²) in [5.41, 5.74) is 0.558. The standard InChI is InChI=1S/C23H21F2N3O5S2/c24-16-9-7-15(8-10-16)14-19-22(30)27(23(31)34-19)13-11-26-21(29)18-5-3-12-28(18)35(32,33)20-6-2-1-4-17(20)25/h1-2,4,6-10,14,18H,3,5,11-13H2,(H,26,29)/b19-14-. The van der Waals surface area contributed by atoms with Crippen molar-refractivity contribution in [2.75, 3.05) is 19.6 Å². The van der Waals surface area contributed by atoms with Gasteiger partial charge in [-0.1, -0.05) is 24.3 Å². The van der Waals surface area contributed by atoms with Gasteiger partial charge in [0.1, 0.15) is 22.6 Å².